The standard InChI is InChI=1S/C16H17N3O2S/c1-20-13-7-9-14(10-8-13)21-11-15-17-18-16(22)19(15)12-5-3-2-4-6-12/h2-10,15,17H,11H2,1H3,(H,18,22). The van der Waals surface area contributed by atoms with Crippen molar-refractivity contribution in [3.05, 3.63) is 54.6 Å². The smallest absolute Gasteiger partial charge is 0.189 e. The fraction of sp³-hybridized carbons (Fsp3) is 0.188. The third-order valence-corrected chi connectivity index (χ3v) is 3.68. The molecule has 2 aromatic carbocycles. The molecule has 1 saturated heterocycles. The lowest BCUT2D eigenvalue weighted by atomic mass is 10.3. The number of hydrazine groups is 1. The summed E-state index contributed by atoms with van der Waals surface area (Å²) in [5.74, 6) is 1.59. The number of nitrogens with zero attached hydrogens (tertiary/aromatic N) is 1. The number of hydrogen-bond donors (Lipinski definition) is 2. The van der Waals surface area contributed by atoms with Crippen molar-refractivity contribution in [3.8, 4) is 11.5 Å². The van der Waals surface area contributed by atoms with Gasteiger partial charge in [0, 0.05) is 5.69 Å². The summed E-state index contributed by atoms with van der Waals surface area (Å²) in [6.45, 7) is 0.453. The molecule has 5 nitrogen and oxygen atoms in total. The molecule has 1 fully saturated rings. The van der Waals surface area contributed by atoms with E-state index in [1.807, 2.05) is 59.5 Å². The number of thiocarbonyl (C=S) groups is 1. The van der Waals surface area contributed by atoms with E-state index >= 15 is 0 Å². The molecule has 0 radical (unpaired) electrons. The topological polar surface area (TPSA) is 45.8 Å². The van der Waals surface area contributed by atoms with Crippen molar-refractivity contribution in [2.45, 2.75) is 6.17 Å². The van der Waals surface area contributed by atoms with Gasteiger partial charge in [-0.1, -0.05) is 18.2 Å². The van der Waals surface area contributed by atoms with Crippen molar-refractivity contribution in [2.24, 2.45) is 0 Å². The predicted molar refractivity (Wildman–Crippen MR) is 90.1 cm³/mol. The second-order valence-electron chi connectivity index (χ2n) is 4.78. The Labute approximate surface area is 134 Å². The summed E-state index contributed by atoms with van der Waals surface area (Å²) < 4.78 is 11.0. The van der Waals surface area contributed by atoms with Crippen LogP contribution in [-0.4, -0.2) is 25.0 Å². The number of hydrogen-bond acceptors (Lipinski definition) is 4. The Morgan fingerprint density at radius 2 is 1.73 bits per heavy atom. The molecule has 1 aliphatic rings. The molecule has 22 heavy (non-hydrogen) atoms. The van der Waals surface area contributed by atoms with Crippen molar-refractivity contribution in [1.82, 2.24) is 10.9 Å². The molecule has 0 amide bonds. The molecule has 114 valence electrons. The first-order valence-corrected chi connectivity index (χ1v) is 7.35. The number of rotatable bonds is 5. The fourth-order valence-electron chi connectivity index (χ4n) is 2.26. The van der Waals surface area contributed by atoms with Gasteiger partial charge < -0.3 is 9.47 Å². The number of nitrogens with one attached hydrogen (secondary N) is 2. The van der Waals surface area contributed by atoms with Crippen molar-refractivity contribution < 1.29 is 9.47 Å². The Hall–Kier alpha value is -2.31. The minimum Gasteiger partial charge on any atom is -0.497 e. The van der Waals surface area contributed by atoms with Gasteiger partial charge in [-0.3, -0.25) is 10.3 Å². The van der Waals surface area contributed by atoms with E-state index in [2.05, 4.69) is 10.9 Å². The van der Waals surface area contributed by atoms with Crippen LogP contribution < -0.4 is 25.2 Å². The lowest BCUT2D eigenvalue weighted by molar-refractivity contribution is 0.273. The van der Waals surface area contributed by atoms with Crippen LogP contribution in [0.2, 0.25) is 0 Å². The van der Waals surface area contributed by atoms with E-state index in [1.54, 1.807) is 7.11 Å². The van der Waals surface area contributed by atoms with Crippen molar-refractivity contribution in [3.63, 3.8) is 0 Å². The van der Waals surface area contributed by atoms with Crippen LogP contribution in [0.5, 0.6) is 11.5 Å². The zero-order chi connectivity index (χ0) is 15.4. The minimum atomic E-state index is -0.0722. The summed E-state index contributed by atoms with van der Waals surface area (Å²) in [6.07, 6.45) is -0.0722. The van der Waals surface area contributed by atoms with Crippen LogP contribution >= 0.6 is 12.2 Å². The zero-order valence-corrected chi connectivity index (χ0v) is 13.0. The van der Waals surface area contributed by atoms with E-state index in [0.29, 0.717) is 11.7 Å². The Bertz CT molecular complexity index is 634. The van der Waals surface area contributed by atoms with Crippen LogP contribution in [0.1, 0.15) is 0 Å². The molecule has 0 bridgehead atoms. The summed E-state index contributed by atoms with van der Waals surface area (Å²) in [4.78, 5) is 2.00. The summed E-state index contributed by atoms with van der Waals surface area (Å²) in [5, 5.41) is 0.634. The van der Waals surface area contributed by atoms with Crippen LogP contribution in [0.25, 0.3) is 0 Å². The Morgan fingerprint density at radius 3 is 2.41 bits per heavy atom. The molecule has 0 aromatic heterocycles. The minimum absolute atomic E-state index is 0.0722. The molecule has 0 spiro atoms. The fourth-order valence-corrected chi connectivity index (χ4v) is 2.55. The highest BCUT2D eigenvalue weighted by atomic mass is 32.1. The number of anilines is 1. The molecule has 0 saturated carbocycles. The predicted octanol–water partition coefficient (Wildman–Crippen LogP) is 2.30. The number of methoxy groups -OCH3 is 1. The molecular formula is C16H17N3O2S. The monoisotopic (exact) mass is 315 g/mol. The second-order valence-corrected chi connectivity index (χ2v) is 5.17. The van der Waals surface area contributed by atoms with Crippen molar-refractivity contribution in [2.75, 3.05) is 18.6 Å². The van der Waals surface area contributed by atoms with Gasteiger partial charge in [0.2, 0.25) is 0 Å². The van der Waals surface area contributed by atoms with Gasteiger partial charge >= 0.3 is 0 Å². The molecule has 1 atom stereocenters. The maximum absolute atomic E-state index is 5.83. The summed E-state index contributed by atoms with van der Waals surface area (Å²) in [7, 11) is 1.64. The van der Waals surface area contributed by atoms with Crippen LogP contribution in [-0.2, 0) is 0 Å². The maximum Gasteiger partial charge on any atom is 0.189 e. The number of benzene rings is 2. The molecule has 2 N–H and O–H groups in total. The Kier molecular flexibility index (Phi) is 4.41. The van der Waals surface area contributed by atoms with Gasteiger partial charge in [0.25, 0.3) is 0 Å². The first-order chi connectivity index (χ1) is 10.8. The SMILES string of the molecule is COc1ccc(OCC2NNC(=S)N2c2ccccc2)cc1. The highest BCUT2D eigenvalue weighted by Gasteiger charge is 2.29. The highest BCUT2D eigenvalue weighted by molar-refractivity contribution is 7.80. The van der Waals surface area contributed by atoms with Gasteiger partial charge in [0.1, 0.15) is 24.3 Å². The number of ether oxygens (including phenoxy) is 2. The quantitative estimate of drug-likeness (QED) is 0.826. The lowest BCUT2D eigenvalue weighted by Gasteiger charge is -2.24. The van der Waals surface area contributed by atoms with Gasteiger partial charge in [-0.15, -0.1) is 0 Å². The zero-order valence-electron chi connectivity index (χ0n) is 12.2. The van der Waals surface area contributed by atoms with Gasteiger partial charge in [-0.05, 0) is 48.6 Å². The van der Waals surface area contributed by atoms with E-state index in [-0.39, 0.29) is 6.17 Å². The van der Waals surface area contributed by atoms with Gasteiger partial charge in [-0.25, -0.2) is 5.43 Å². The van der Waals surface area contributed by atoms with Crippen LogP contribution in [0.15, 0.2) is 54.6 Å². The third kappa shape index (κ3) is 3.13. The Morgan fingerprint density at radius 1 is 1.05 bits per heavy atom. The molecule has 6 heteroatoms. The van der Waals surface area contributed by atoms with Gasteiger partial charge in [0.15, 0.2) is 5.11 Å². The molecule has 2 aromatic rings. The normalized spacial score (nSPS) is 17.2. The summed E-state index contributed by atoms with van der Waals surface area (Å²) >= 11 is 5.34. The maximum atomic E-state index is 5.83. The van der Waals surface area contributed by atoms with Crippen LogP contribution in [0.4, 0.5) is 5.69 Å². The summed E-state index contributed by atoms with van der Waals surface area (Å²) in [5.41, 5.74) is 7.13. The third-order valence-electron chi connectivity index (χ3n) is 3.38. The average molecular weight is 315 g/mol. The molecular weight excluding hydrogens is 298 g/mol. The molecule has 1 aliphatic heterocycles. The van der Waals surface area contributed by atoms with E-state index in [1.165, 1.54) is 0 Å². The molecule has 0 aliphatic carbocycles. The number of para-hydroxylation sites is 1. The highest BCUT2D eigenvalue weighted by Crippen LogP contribution is 2.21. The Balaban J connectivity index is 1.67. The van der Waals surface area contributed by atoms with Crippen LogP contribution in [0.3, 0.4) is 0 Å². The summed E-state index contributed by atoms with van der Waals surface area (Å²) in [6, 6.07) is 17.5. The average Bonchev–Trinajstić information content (AvgIpc) is 2.95. The van der Waals surface area contributed by atoms with E-state index < -0.39 is 0 Å². The first-order valence-electron chi connectivity index (χ1n) is 6.94. The molecule has 1 heterocycles. The largest absolute Gasteiger partial charge is 0.497 e. The first kappa shape index (κ1) is 14.6. The van der Waals surface area contributed by atoms with Gasteiger partial charge in [-0.2, -0.15) is 0 Å². The van der Waals surface area contributed by atoms with Crippen LogP contribution in [0, 0.1) is 0 Å². The van der Waals surface area contributed by atoms with Crippen molar-refractivity contribution in [1.29, 1.82) is 0 Å². The van der Waals surface area contributed by atoms with Gasteiger partial charge in [0.05, 0.1) is 7.11 Å². The molecule has 1 unspecified atom stereocenters. The lowest BCUT2D eigenvalue weighted by Crippen LogP contribution is -2.42. The van der Waals surface area contributed by atoms with E-state index in [4.69, 9.17) is 21.7 Å². The second kappa shape index (κ2) is 6.64. The van der Waals surface area contributed by atoms with E-state index in [9.17, 15) is 0 Å². The molecule has 3 rings (SSSR count). The van der Waals surface area contributed by atoms with E-state index in [0.717, 1.165) is 17.2 Å². The van der Waals surface area contributed by atoms with Crippen molar-refractivity contribution >= 4 is 23.0 Å².